The Hall–Kier alpha value is -1.02. The lowest BCUT2D eigenvalue weighted by Gasteiger charge is -2.27. The Labute approximate surface area is 136 Å². The third-order valence-electron chi connectivity index (χ3n) is 2.62. The van der Waals surface area contributed by atoms with E-state index in [0.29, 0.717) is 27.4 Å². The van der Waals surface area contributed by atoms with Crippen LogP contribution in [0.1, 0.15) is 5.56 Å². The molecular formula is C13H11Br2F3O3. The van der Waals surface area contributed by atoms with Crippen LogP contribution in [0.2, 0.25) is 0 Å². The zero-order chi connectivity index (χ0) is 16.2. The summed E-state index contributed by atoms with van der Waals surface area (Å²) in [5, 5.41) is 9.06. The monoisotopic (exact) mass is 430 g/mol. The van der Waals surface area contributed by atoms with Gasteiger partial charge in [-0.1, -0.05) is 15.9 Å². The van der Waals surface area contributed by atoms with Crippen LogP contribution in [0.15, 0.2) is 26.7 Å². The maximum Gasteiger partial charge on any atom is 0.335 e. The lowest BCUT2D eigenvalue weighted by atomic mass is 9.99. The van der Waals surface area contributed by atoms with Crippen LogP contribution in [0.3, 0.4) is 0 Å². The van der Waals surface area contributed by atoms with E-state index in [4.69, 9.17) is 9.84 Å². The molecule has 1 heterocycles. The van der Waals surface area contributed by atoms with Gasteiger partial charge in [0.2, 0.25) is 0 Å². The van der Waals surface area contributed by atoms with Gasteiger partial charge in [0.25, 0.3) is 0 Å². The molecule has 0 bridgehead atoms. The average Bonchev–Trinajstić information content (AvgIpc) is 2.47. The van der Waals surface area contributed by atoms with E-state index < -0.39 is 24.9 Å². The first-order chi connectivity index (χ1) is 9.93. The Balaban J connectivity index is 0.00000106. The number of fused-ring (bicyclic) bond motifs is 1. The second-order valence-corrected chi connectivity index (χ2v) is 5.69. The highest BCUT2D eigenvalue weighted by molar-refractivity contribution is 9.11. The molecule has 0 saturated heterocycles. The van der Waals surface area contributed by atoms with Crippen molar-refractivity contribution >= 4 is 43.9 Å². The molecule has 0 aliphatic carbocycles. The van der Waals surface area contributed by atoms with E-state index in [1.165, 1.54) is 6.08 Å². The molecule has 0 fully saturated rings. The fourth-order valence-corrected chi connectivity index (χ4v) is 3.14. The molecule has 21 heavy (non-hydrogen) atoms. The number of halogens is 5. The van der Waals surface area contributed by atoms with Crippen molar-refractivity contribution in [1.29, 1.82) is 0 Å². The average molecular weight is 432 g/mol. The maximum atomic E-state index is 13.5. The molecule has 0 radical (unpaired) electrons. The van der Waals surface area contributed by atoms with Crippen LogP contribution in [0.4, 0.5) is 13.2 Å². The van der Waals surface area contributed by atoms with Gasteiger partial charge in [0.05, 0.1) is 17.2 Å². The number of hydrogen-bond acceptors (Lipinski definition) is 2. The summed E-state index contributed by atoms with van der Waals surface area (Å²) in [6.07, 6.45) is -2.18. The molecular weight excluding hydrogens is 421 g/mol. The molecule has 116 valence electrons. The molecule has 0 saturated carbocycles. The second-order valence-electron chi connectivity index (χ2n) is 3.92. The number of carboxylic acids is 1. The first-order valence-corrected chi connectivity index (χ1v) is 7.21. The van der Waals surface area contributed by atoms with Crippen molar-refractivity contribution in [1.82, 2.24) is 0 Å². The Bertz CT molecular complexity index is 564. The summed E-state index contributed by atoms with van der Waals surface area (Å²) in [6, 6.07) is 3.32. The fourth-order valence-electron chi connectivity index (χ4n) is 1.78. The lowest BCUT2D eigenvalue weighted by molar-refractivity contribution is -0.134. The largest absolute Gasteiger partial charge is 0.480 e. The number of rotatable bonds is 3. The molecule has 1 aliphatic heterocycles. The van der Waals surface area contributed by atoms with Crippen molar-refractivity contribution in [2.75, 3.05) is 13.9 Å². The van der Waals surface area contributed by atoms with Crippen molar-refractivity contribution in [3.05, 3.63) is 32.2 Å². The van der Waals surface area contributed by atoms with Crippen molar-refractivity contribution in [3.8, 4) is 5.75 Å². The second kappa shape index (κ2) is 7.84. The standard InChI is InChI=1S/C12H8Br2F2O3.CH3F/c13-6-1-5-2-7(12(17)18)11(9(16)4-15)19-10(5)8(14)3-6;1-2/h1-3,9,11H,4H2,(H,17,18);1H3. The topological polar surface area (TPSA) is 46.5 Å². The van der Waals surface area contributed by atoms with E-state index in [1.807, 2.05) is 0 Å². The zero-order valence-corrected chi connectivity index (χ0v) is 13.9. The Morgan fingerprint density at radius 3 is 2.57 bits per heavy atom. The molecule has 0 aromatic heterocycles. The van der Waals surface area contributed by atoms with Gasteiger partial charge >= 0.3 is 5.97 Å². The highest BCUT2D eigenvalue weighted by Gasteiger charge is 2.35. The van der Waals surface area contributed by atoms with Crippen LogP contribution in [0, 0.1) is 0 Å². The zero-order valence-electron chi connectivity index (χ0n) is 10.7. The molecule has 2 atom stereocenters. The summed E-state index contributed by atoms with van der Waals surface area (Å²) in [5.74, 6) is -1.03. The van der Waals surface area contributed by atoms with E-state index in [0.717, 1.165) is 0 Å². The van der Waals surface area contributed by atoms with Crippen LogP contribution < -0.4 is 4.74 Å². The quantitative estimate of drug-likeness (QED) is 0.774. The highest BCUT2D eigenvalue weighted by atomic mass is 79.9. The van der Waals surface area contributed by atoms with Gasteiger partial charge in [-0.2, -0.15) is 0 Å². The van der Waals surface area contributed by atoms with Crippen LogP contribution in [-0.2, 0) is 4.79 Å². The number of alkyl halides is 3. The van der Waals surface area contributed by atoms with E-state index in [2.05, 4.69) is 31.9 Å². The number of benzene rings is 1. The third-order valence-corrected chi connectivity index (χ3v) is 3.67. The molecule has 0 amide bonds. The molecule has 1 aromatic carbocycles. The van der Waals surface area contributed by atoms with Gasteiger partial charge < -0.3 is 9.84 Å². The molecule has 0 spiro atoms. The van der Waals surface area contributed by atoms with Gasteiger partial charge in [-0.15, -0.1) is 0 Å². The summed E-state index contributed by atoms with van der Waals surface area (Å²) in [5.41, 5.74) is 0.184. The molecule has 2 rings (SSSR count). The van der Waals surface area contributed by atoms with Crippen molar-refractivity contribution in [3.63, 3.8) is 0 Å². The summed E-state index contributed by atoms with van der Waals surface area (Å²) in [4.78, 5) is 11.1. The Morgan fingerprint density at radius 1 is 1.43 bits per heavy atom. The summed E-state index contributed by atoms with van der Waals surface area (Å²) in [7, 11) is 0.500. The third kappa shape index (κ3) is 4.00. The molecule has 8 heteroatoms. The molecule has 2 unspecified atom stereocenters. The van der Waals surface area contributed by atoms with Gasteiger partial charge in [-0.05, 0) is 34.1 Å². The van der Waals surface area contributed by atoms with E-state index in [9.17, 15) is 18.0 Å². The minimum absolute atomic E-state index is 0.300. The number of aliphatic carboxylic acids is 1. The predicted molar refractivity (Wildman–Crippen MR) is 79.8 cm³/mol. The van der Waals surface area contributed by atoms with Crippen LogP contribution in [-0.4, -0.2) is 37.2 Å². The molecule has 1 aliphatic rings. The van der Waals surface area contributed by atoms with E-state index in [1.54, 1.807) is 12.1 Å². The minimum Gasteiger partial charge on any atom is -0.480 e. The van der Waals surface area contributed by atoms with Gasteiger partial charge in [-0.3, -0.25) is 4.39 Å². The van der Waals surface area contributed by atoms with Crippen molar-refractivity contribution < 1.29 is 27.8 Å². The van der Waals surface area contributed by atoms with Crippen LogP contribution in [0.25, 0.3) is 6.08 Å². The van der Waals surface area contributed by atoms with E-state index >= 15 is 0 Å². The summed E-state index contributed by atoms with van der Waals surface area (Å²) in [6.45, 7) is -1.31. The number of ether oxygens (including phenoxy) is 1. The van der Waals surface area contributed by atoms with E-state index in [-0.39, 0.29) is 5.57 Å². The van der Waals surface area contributed by atoms with Gasteiger partial charge in [0.15, 0.2) is 12.3 Å². The van der Waals surface area contributed by atoms with Crippen LogP contribution >= 0.6 is 31.9 Å². The number of carboxylic acid groups (broad SMARTS) is 1. The molecule has 3 nitrogen and oxygen atoms in total. The summed E-state index contributed by atoms with van der Waals surface area (Å²) >= 11 is 6.50. The molecule has 1 N–H and O–H groups in total. The lowest BCUT2D eigenvalue weighted by Crippen LogP contribution is -2.37. The number of hydrogen-bond donors (Lipinski definition) is 1. The van der Waals surface area contributed by atoms with Gasteiger partial charge in [-0.25, -0.2) is 13.6 Å². The highest BCUT2D eigenvalue weighted by Crippen LogP contribution is 2.39. The first kappa shape index (κ1) is 18.0. The van der Waals surface area contributed by atoms with Crippen LogP contribution in [0.5, 0.6) is 5.75 Å². The van der Waals surface area contributed by atoms with Crippen molar-refractivity contribution in [2.45, 2.75) is 12.3 Å². The summed E-state index contributed by atoms with van der Waals surface area (Å²) < 4.78 is 42.0. The predicted octanol–water partition coefficient (Wildman–Crippen LogP) is 4.33. The fraction of sp³-hybridized carbons (Fsp3) is 0.308. The van der Waals surface area contributed by atoms with Gasteiger partial charge in [0, 0.05) is 10.0 Å². The van der Waals surface area contributed by atoms with Gasteiger partial charge in [0.1, 0.15) is 12.4 Å². The minimum atomic E-state index is -2.02. The SMILES string of the molecule is CF.O=C(O)C1=Cc2cc(Br)cc(Br)c2OC1C(F)CF. The smallest absolute Gasteiger partial charge is 0.335 e. The Morgan fingerprint density at radius 2 is 2.05 bits per heavy atom. The Kier molecular flexibility index (Phi) is 6.73. The van der Waals surface area contributed by atoms with Crippen molar-refractivity contribution in [2.24, 2.45) is 0 Å². The normalized spacial score (nSPS) is 17.6. The first-order valence-electron chi connectivity index (χ1n) is 5.62. The number of carbonyl (C=O) groups is 1. The molecule has 1 aromatic rings. The maximum absolute atomic E-state index is 13.5.